The summed E-state index contributed by atoms with van der Waals surface area (Å²) in [6, 6.07) is 10.1. The summed E-state index contributed by atoms with van der Waals surface area (Å²) in [6.45, 7) is 6.33. The van der Waals surface area contributed by atoms with Crippen LogP contribution in [0.15, 0.2) is 35.2 Å². The fraction of sp³-hybridized carbons (Fsp3) is 0.588. The Kier molecular flexibility index (Phi) is 7.10. The summed E-state index contributed by atoms with van der Waals surface area (Å²) in [6.07, 6.45) is 5.09. The van der Waals surface area contributed by atoms with E-state index in [1.165, 1.54) is 32.4 Å². The van der Waals surface area contributed by atoms with Gasteiger partial charge in [-0.05, 0) is 58.0 Å². The van der Waals surface area contributed by atoms with Crippen molar-refractivity contribution in [2.75, 3.05) is 26.2 Å². The lowest BCUT2D eigenvalue weighted by molar-refractivity contribution is -0.120. The van der Waals surface area contributed by atoms with Gasteiger partial charge in [0.2, 0.25) is 5.91 Å². The van der Waals surface area contributed by atoms with E-state index < -0.39 is 0 Å². The standard InChI is InChI=1S/C17H26N2OS/c1-15(21-16-9-4-2-5-10-16)17(20)18-11-8-14-19-12-6-3-7-13-19/h2,4-5,9-10,15H,3,6-8,11-14H2,1H3,(H,18,20)/t15-/m0/s1. The maximum Gasteiger partial charge on any atom is 0.233 e. The highest BCUT2D eigenvalue weighted by atomic mass is 32.2. The van der Waals surface area contributed by atoms with Gasteiger partial charge in [0.25, 0.3) is 0 Å². The van der Waals surface area contributed by atoms with Gasteiger partial charge in [-0.2, -0.15) is 0 Å². The van der Waals surface area contributed by atoms with Crippen LogP contribution in [0.3, 0.4) is 0 Å². The van der Waals surface area contributed by atoms with E-state index in [0.717, 1.165) is 24.4 Å². The van der Waals surface area contributed by atoms with Crippen LogP contribution in [-0.2, 0) is 4.79 Å². The van der Waals surface area contributed by atoms with Gasteiger partial charge < -0.3 is 10.2 Å². The number of piperidine rings is 1. The summed E-state index contributed by atoms with van der Waals surface area (Å²) in [5.41, 5.74) is 0. The molecule has 1 aliphatic rings. The maximum absolute atomic E-state index is 12.1. The van der Waals surface area contributed by atoms with Crippen molar-refractivity contribution in [3.8, 4) is 0 Å². The first-order valence-electron chi connectivity index (χ1n) is 7.97. The Balaban J connectivity index is 1.60. The molecule has 3 nitrogen and oxygen atoms in total. The lowest BCUT2D eigenvalue weighted by atomic mass is 10.1. The summed E-state index contributed by atoms with van der Waals surface area (Å²) in [7, 11) is 0. The number of likely N-dealkylation sites (tertiary alicyclic amines) is 1. The number of amides is 1. The van der Waals surface area contributed by atoms with Crippen LogP contribution < -0.4 is 5.32 Å². The van der Waals surface area contributed by atoms with Gasteiger partial charge >= 0.3 is 0 Å². The Morgan fingerprint density at radius 2 is 1.95 bits per heavy atom. The van der Waals surface area contributed by atoms with Crippen molar-refractivity contribution >= 4 is 17.7 Å². The fourth-order valence-corrected chi connectivity index (χ4v) is 3.51. The Morgan fingerprint density at radius 3 is 2.67 bits per heavy atom. The molecule has 1 aromatic carbocycles. The molecule has 1 amide bonds. The lowest BCUT2D eigenvalue weighted by Crippen LogP contribution is -2.35. The Morgan fingerprint density at radius 1 is 1.24 bits per heavy atom. The van der Waals surface area contributed by atoms with E-state index in [-0.39, 0.29) is 11.2 Å². The normalized spacial score (nSPS) is 17.4. The van der Waals surface area contributed by atoms with Gasteiger partial charge in [0.05, 0.1) is 5.25 Å². The maximum atomic E-state index is 12.1. The van der Waals surface area contributed by atoms with Gasteiger partial charge in [-0.3, -0.25) is 4.79 Å². The molecule has 2 rings (SSSR count). The molecule has 1 N–H and O–H groups in total. The second-order valence-electron chi connectivity index (χ2n) is 5.62. The first-order valence-corrected chi connectivity index (χ1v) is 8.85. The number of rotatable bonds is 7. The van der Waals surface area contributed by atoms with Gasteiger partial charge in [0.1, 0.15) is 0 Å². The highest BCUT2D eigenvalue weighted by Gasteiger charge is 2.14. The van der Waals surface area contributed by atoms with Gasteiger partial charge in [-0.25, -0.2) is 0 Å². The number of benzene rings is 1. The van der Waals surface area contributed by atoms with E-state index in [4.69, 9.17) is 0 Å². The molecule has 1 atom stereocenters. The van der Waals surface area contributed by atoms with Crippen molar-refractivity contribution < 1.29 is 4.79 Å². The molecule has 1 aliphatic heterocycles. The topological polar surface area (TPSA) is 32.3 Å². The first-order chi connectivity index (χ1) is 10.3. The summed E-state index contributed by atoms with van der Waals surface area (Å²) < 4.78 is 0. The molecule has 0 saturated carbocycles. The van der Waals surface area contributed by atoms with Crippen molar-refractivity contribution in [1.82, 2.24) is 10.2 Å². The van der Waals surface area contributed by atoms with E-state index in [0.29, 0.717) is 0 Å². The highest BCUT2D eigenvalue weighted by molar-refractivity contribution is 8.00. The molecule has 0 unspecified atom stereocenters. The number of nitrogens with one attached hydrogen (secondary N) is 1. The summed E-state index contributed by atoms with van der Waals surface area (Å²) in [5.74, 6) is 0.141. The molecule has 1 aromatic rings. The van der Waals surface area contributed by atoms with E-state index in [1.807, 2.05) is 37.3 Å². The molecule has 0 radical (unpaired) electrons. The molecule has 4 heteroatoms. The zero-order valence-corrected chi connectivity index (χ0v) is 13.7. The third-order valence-corrected chi connectivity index (χ3v) is 4.94. The van der Waals surface area contributed by atoms with Crippen LogP contribution in [0.2, 0.25) is 0 Å². The molecule has 0 aromatic heterocycles. The van der Waals surface area contributed by atoms with Crippen molar-refractivity contribution in [2.24, 2.45) is 0 Å². The molecule has 1 heterocycles. The minimum Gasteiger partial charge on any atom is -0.355 e. The van der Waals surface area contributed by atoms with E-state index >= 15 is 0 Å². The molecular weight excluding hydrogens is 280 g/mol. The van der Waals surface area contributed by atoms with Gasteiger partial charge in [-0.15, -0.1) is 11.8 Å². The fourth-order valence-electron chi connectivity index (χ4n) is 2.60. The lowest BCUT2D eigenvalue weighted by Gasteiger charge is -2.26. The van der Waals surface area contributed by atoms with Crippen LogP contribution in [-0.4, -0.2) is 42.2 Å². The number of hydrogen-bond donors (Lipinski definition) is 1. The van der Waals surface area contributed by atoms with Crippen molar-refractivity contribution in [3.05, 3.63) is 30.3 Å². The van der Waals surface area contributed by atoms with Gasteiger partial charge in [0.15, 0.2) is 0 Å². The molecular formula is C17H26N2OS. The Bertz CT molecular complexity index is 418. The van der Waals surface area contributed by atoms with E-state index in [9.17, 15) is 4.79 Å². The van der Waals surface area contributed by atoms with E-state index in [2.05, 4.69) is 10.2 Å². The molecule has 116 valence electrons. The zero-order chi connectivity index (χ0) is 14.9. The second kappa shape index (κ2) is 9.11. The predicted molar refractivity (Wildman–Crippen MR) is 89.7 cm³/mol. The smallest absolute Gasteiger partial charge is 0.233 e. The summed E-state index contributed by atoms with van der Waals surface area (Å²) >= 11 is 1.62. The zero-order valence-electron chi connectivity index (χ0n) is 12.9. The van der Waals surface area contributed by atoms with Crippen LogP contribution in [0.4, 0.5) is 0 Å². The average Bonchev–Trinajstić information content (AvgIpc) is 2.53. The van der Waals surface area contributed by atoms with Crippen molar-refractivity contribution in [2.45, 2.75) is 42.8 Å². The molecule has 0 bridgehead atoms. The first kappa shape index (κ1) is 16.4. The predicted octanol–water partition coefficient (Wildman–Crippen LogP) is 3.16. The largest absolute Gasteiger partial charge is 0.355 e. The monoisotopic (exact) mass is 306 g/mol. The van der Waals surface area contributed by atoms with Crippen molar-refractivity contribution in [3.63, 3.8) is 0 Å². The molecule has 1 fully saturated rings. The van der Waals surface area contributed by atoms with Crippen molar-refractivity contribution in [1.29, 1.82) is 0 Å². The molecule has 21 heavy (non-hydrogen) atoms. The molecule has 1 saturated heterocycles. The number of thioether (sulfide) groups is 1. The highest BCUT2D eigenvalue weighted by Crippen LogP contribution is 2.22. The molecule has 0 aliphatic carbocycles. The van der Waals surface area contributed by atoms with Gasteiger partial charge in [0, 0.05) is 11.4 Å². The minimum atomic E-state index is -0.0395. The Labute approximate surface area is 132 Å². The second-order valence-corrected chi connectivity index (χ2v) is 7.03. The summed E-state index contributed by atoms with van der Waals surface area (Å²) in [4.78, 5) is 15.7. The van der Waals surface area contributed by atoms with E-state index in [1.54, 1.807) is 11.8 Å². The number of nitrogens with zero attached hydrogens (tertiary/aromatic N) is 1. The van der Waals surface area contributed by atoms with Crippen LogP contribution >= 0.6 is 11.8 Å². The quantitative estimate of drug-likeness (QED) is 0.620. The number of hydrogen-bond acceptors (Lipinski definition) is 3. The number of carbonyl (C=O) groups excluding carboxylic acids is 1. The average molecular weight is 306 g/mol. The SMILES string of the molecule is C[C@H](Sc1ccccc1)C(=O)NCCCN1CCCCC1. The van der Waals surface area contributed by atoms with Crippen LogP contribution in [0, 0.1) is 0 Å². The summed E-state index contributed by atoms with van der Waals surface area (Å²) in [5, 5.41) is 3.02. The minimum absolute atomic E-state index is 0.0395. The third kappa shape index (κ3) is 6.10. The third-order valence-electron chi connectivity index (χ3n) is 3.82. The van der Waals surface area contributed by atoms with Crippen LogP contribution in [0.5, 0.6) is 0 Å². The number of carbonyl (C=O) groups is 1. The van der Waals surface area contributed by atoms with Crippen LogP contribution in [0.25, 0.3) is 0 Å². The van der Waals surface area contributed by atoms with Gasteiger partial charge in [-0.1, -0.05) is 24.6 Å². The Hall–Kier alpha value is -1.00. The molecule has 0 spiro atoms. The van der Waals surface area contributed by atoms with Crippen LogP contribution in [0.1, 0.15) is 32.6 Å².